The number of phenolic OH excluding ortho intramolecular Hbond substituents is 1. The van der Waals surface area contributed by atoms with Crippen molar-refractivity contribution in [1.82, 2.24) is 9.80 Å². The van der Waals surface area contributed by atoms with E-state index in [0.29, 0.717) is 26.2 Å². The predicted octanol–water partition coefficient (Wildman–Crippen LogP) is 1.20. The van der Waals surface area contributed by atoms with Crippen LogP contribution in [0.1, 0.15) is 17.3 Å². The van der Waals surface area contributed by atoms with Crippen LogP contribution in [-0.4, -0.2) is 53.0 Å². The standard InChI is InChI=1S/C14H16FN3O2/c1-10(9-16)17-4-6-18(7-5-17)14(20)12-3-2-11(15)8-13(12)19/h2-3,8,10,19H,4-7H2,1H3. The first-order valence-corrected chi connectivity index (χ1v) is 6.44. The highest BCUT2D eigenvalue weighted by Crippen LogP contribution is 2.20. The fourth-order valence-electron chi connectivity index (χ4n) is 2.25. The molecule has 2 rings (SSSR count). The normalized spacial score (nSPS) is 17.6. The average molecular weight is 277 g/mol. The van der Waals surface area contributed by atoms with Crippen LogP contribution in [0.3, 0.4) is 0 Å². The highest BCUT2D eigenvalue weighted by molar-refractivity contribution is 5.96. The molecule has 5 nitrogen and oxygen atoms in total. The topological polar surface area (TPSA) is 67.6 Å². The maximum absolute atomic E-state index is 12.9. The van der Waals surface area contributed by atoms with Gasteiger partial charge >= 0.3 is 0 Å². The number of aromatic hydroxyl groups is 1. The number of nitrogens with zero attached hydrogens (tertiary/aromatic N) is 3. The number of carbonyl (C=O) groups excluding carboxylic acids is 1. The Morgan fingerprint density at radius 1 is 1.40 bits per heavy atom. The minimum atomic E-state index is -0.577. The van der Waals surface area contributed by atoms with Crippen molar-refractivity contribution in [3.63, 3.8) is 0 Å². The molecule has 6 heteroatoms. The maximum Gasteiger partial charge on any atom is 0.257 e. The van der Waals surface area contributed by atoms with Crippen LogP contribution in [0, 0.1) is 17.1 Å². The molecule has 20 heavy (non-hydrogen) atoms. The van der Waals surface area contributed by atoms with E-state index < -0.39 is 5.82 Å². The van der Waals surface area contributed by atoms with E-state index in [1.807, 2.05) is 11.8 Å². The molecule has 106 valence electrons. The zero-order valence-electron chi connectivity index (χ0n) is 11.2. The van der Waals surface area contributed by atoms with E-state index >= 15 is 0 Å². The number of benzene rings is 1. The molecule has 1 unspecified atom stereocenters. The summed E-state index contributed by atoms with van der Waals surface area (Å²) in [7, 11) is 0. The van der Waals surface area contributed by atoms with Gasteiger partial charge in [0.25, 0.3) is 5.91 Å². The highest BCUT2D eigenvalue weighted by Gasteiger charge is 2.25. The monoisotopic (exact) mass is 277 g/mol. The van der Waals surface area contributed by atoms with Gasteiger partial charge in [-0.15, -0.1) is 0 Å². The number of nitriles is 1. The van der Waals surface area contributed by atoms with E-state index in [1.54, 1.807) is 4.90 Å². The smallest absolute Gasteiger partial charge is 0.257 e. The van der Waals surface area contributed by atoms with Crippen molar-refractivity contribution in [3.8, 4) is 11.8 Å². The number of hydrogen-bond acceptors (Lipinski definition) is 4. The summed E-state index contributed by atoms with van der Waals surface area (Å²) >= 11 is 0. The van der Waals surface area contributed by atoms with Crippen molar-refractivity contribution in [1.29, 1.82) is 5.26 Å². The van der Waals surface area contributed by atoms with Gasteiger partial charge in [-0.25, -0.2) is 4.39 Å². The van der Waals surface area contributed by atoms with Crippen LogP contribution in [0.15, 0.2) is 18.2 Å². The Balaban J connectivity index is 2.04. The minimum Gasteiger partial charge on any atom is -0.507 e. The summed E-state index contributed by atoms with van der Waals surface area (Å²) in [6.07, 6.45) is 0. The second kappa shape index (κ2) is 5.88. The summed E-state index contributed by atoms with van der Waals surface area (Å²) in [6, 6.07) is 5.37. The number of halogens is 1. The fourth-order valence-corrected chi connectivity index (χ4v) is 2.25. The Kier molecular flexibility index (Phi) is 4.20. The molecule has 1 atom stereocenters. The van der Waals surface area contributed by atoms with Gasteiger partial charge in [0.15, 0.2) is 0 Å². The Hall–Kier alpha value is -2.13. The van der Waals surface area contributed by atoms with Gasteiger partial charge in [-0.1, -0.05) is 0 Å². The summed E-state index contributed by atoms with van der Waals surface area (Å²) in [5.74, 6) is -1.23. The molecule has 1 aromatic carbocycles. The van der Waals surface area contributed by atoms with Crippen LogP contribution in [0.5, 0.6) is 5.75 Å². The number of rotatable bonds is 2. The second-order valence-corrected chi connectivity index (χ2v) is 4.79. The summed E-state index contributed by atoms with van der Waals surface area (Å²) in [4.78, 5) is 15.8. The molecule has 1 aromatic rings. The van der Waals surface area contributed by atoms with Crippen molar-refractivity contribution < 1.29 is 14.3 Å². The van der Waals surface area contributed by atoms with Crippen molar-refractivity contribution in [2.75, 3.05) is 26.2 Å². The number of carbonyl (C=O) groups is 1. The van der Waals surface area contributed by atoms with Crippen LogP contribution < -0.4 is 0 Å². The predicted molar refractivity (Wildman–Crippen MR) is 70.6 cm³/mol. The molecule has 0 bridgehead atoms. The van der Waals surface area contributed by atoms with Gasteiger partial charge in [0.1, 0.15) is 11.6 Å². The summed E-state index contributed by atoms with van der Waals surface area (Å²) in [5.41, 5.74) is 0.105. The van der Waals surface area contributed by atoms with E-state index in [4.69, 9.17) is 5.26 Å². The Bertz CT molecular complexity index is 548. The molecule has 0 spiro atoms. The molecule has 1 aliphatic rings. The van der Waals surface area contributed by atoms with Crippen molar-refractivity contribution >= 4 is 5.91 Å². The summed E-state index contributed by atoms with van der Waals surface area (Å²) in [6.45, 7) is 4.03. The van der Waals surface area contributed by atoms with E-state index in [0.717, 1.165) is 12.1 Å². The molecule has 0 radical (unpaired) electrons. The lowest BCUT2D eigenvalue weighted by Crippen LogP contribution is -2.51. The van der Waals surface area contributed by atoms with Crippen molar-refractivity contribution in [3.05, 3.63) is 29.6 Å². The van der Waals surface area contributed by atoms with Gasteiger partial charge in [-0.05, 0) is 19.1 Å². The number of hydrogen-bond donors (Lipinski definition) is 1. The first-order chi connectivity index (χ1) is 9.52. The molecule has 1 N–H and O–H groups in total. The van der Waals surface area contributed by atoms with Gasteiger partial charge in [-0.3, -0.25) is 9.69 Å². The molecule has 1 aliphatic heterocycles. The number of amides is 1. The molecular weight excluding hydrogens is 261 g/mol. The lowest BCUT2D eigenvalue weighted by molar-refractivity contribution is 0.0613. The van der Waals surface area contributed by atoms with Gasteiger partial charge in [0.2, 0.25) is 0 Å². The van der Waals surface area contributed by atoms with Crippen LogP contribution in [-0.2, 0) is 0 Å². The summed E-state index contributed by atoms with van der Waals surface area (Å²) < 4.78 is 12.9. The molecule has 1 amide bonds. The minimum absolute atomic E-state index is 0.105. The fraction of sp³-hybridized carbons (Fsp3) is 0.429. The van der Waals surface area contributed by atoms with Crippen LogP contribution >= 0.6 is 0 Å². The quantitative estimate of drug-likeness (QED) is 0.882. The highest BCUT2D eigenvalue weighted by atomic mass is 19.1. The number of piperazine rings is 1. The van der Waals surface area contributed by atoms with Gasteiger partial charge in [0, 0.05) is 32.2 Å². The molecule has 0 aliphatic carbocycles. The Morgan fingerprint density at radius 3 is 2.60 bits per heavy atom. The lowest BCUT2D eigenvalue weighted by Gasteiger charge is -2.35. The van der Waals surface area contributed by atoms with Gasteiger partial charge in [-0.2, -0.15) is 5.26 Å². The maximum atomic E-state index is 12.9. The molecule has 1 saturated heterocycles. The van der Waals surface area contributed by atoms with Crippen LogP contribution in [0.25, 0.3) is 0 Å². The number of phenols is 1. The SMILES string of the molecule is CC(C#N)N1CCN(C(=O)c2ccc(F)cc2O)CC1. The first kappa shape index (κ1) is 14.3. The zero-order chi connectivity index (χ0) is 14.7. The van der Waals surface area contributed by atoms with Crippen LogP contribution in [0.4, 0.5) is 4.39 Å². The third kappa shape index (κ3) is 2.89. The Morgan fingerprint density at radius 2 is 2.05 bits per heavy atom. The van der Waals surface area contributed by atoms with E-state index in [2.05, 4.69) is 6.07 Å². The van der Waals surface area contributed by atoms with E-state index in [1.165, 1.54) is 6.07 Å². The molecule has 0 aromatic heterocycles. The average Bonchev–Trinajstić information content (AvgIpc) is 2.46. The van der Waals surface area contributed by atoms with Gasteiger partial charge < -0.3 is 10.0 Å². The first-order valence-electron chi connectivity index (χ1n) is 6.44. The van der Waals surface area contributed by atoms with Crippen molar-refractivity contribution in [2.45, 2.75) is 13.0 Å². The molecule has 1 heterocycles. The Labute approximate surface area is 116 Å². The van der Waals surface area contributed by atoms with Gasteiger partial charge in [0.05, 0.1) is 17.7 Å². The third-order valence-corrected chi connectivity index (χ3v) is 3.53. The zero-order valence-corrected chi connectivity index (χ0v) is 11.2. The van der Waals surface area contributed by atoms with Crippen molar-refractivity contribution in [2.24, 2.45) is 0 Å². The second-order valence-electron chi connectivity index (χ2n) is 4.79. The third-order valence-electron chi connectivity index (χ3n) is 3.53. The van der Waals surface area contributed by atoms with E-state index in [-0.39, 0.29) is 23.3 Å². The van der Waals surface area contributed by atoms with E-state index in [9.17, 15) is 14.3 Å². The molecular formula is C14H16FN3O2. The summed E-state index contributed by atoms with van der Waals surface area (Å²) in [5, 5.41) is 18.5. The lowest BCUT2D eigenvalue weighted by atomic mass is 10.1. The molecule has 1 fully saturated rings. The molecule has 0 saturated carbocycles. The largest absolute Gasteiger partial charge is 0.507 e. The van der Waals surface area contributed by atoms with Crippen LogP contribution in [0.2, 0.25) is 0 Å².